The van der Waals surface area contributed by atoms with Crippen LogP contribution in [0.25, 0.3) is 0 Å². The Kier molecular flexibility index (Phi) is 1.88. The third-order valence-corrected chi connectivity index (χ3v) is 4.06. The first-order chi connectivity index (χ1) is 6.90. The molecule has 74 valence electrons. The summed E-state index contributed by atoms with van der Waals surface area (Å²) in [5.41, 5.74) is 3.25. The Morgan fingerprint density at radius 2 is 1.93 bits per heavy atom. The van der Waals surface area contributed by atoms with Crippen LogP contribution < -0.4 is 5.32 Å². The summed E-state index contributed by atoms with van der Waals surface area (Å²) >= 11 is 0. The minimum atomic E-state index is 0.726. The molecule has 4 rings (SSSR count). The molecule has 14 heavy (non-hydrogen) atoms. The van der Waals surface area contributed by atoms with Crippen LogP contribution in [-0.4, -0.2) is 13.1 Å². The van der Waals surface area contributed by atoms with Gasteiger partial charge in [-0.15, -0.1) is 0 Å². The molecule has 0 heterocycles. The lowest BCUT2D eigenvalue weighted by molar-refractivity contribution is 0.283. The Balaban J connectivity index is 2.08. The predicted octanol–water partition coefficient (Wildman–Crippen LogP) is 2.64. The fourth-order valence-electron chi connectivity index (χ4n) is 3.36. The number of likely N-dealkylation sites (N-methyl/N-ethyl adjacent to an activating group) is 1. The largest absolute Gasteiger partial charge is 0.316 e. The average Bonchev–Trinajstić information content (AvgIpc) is 2.30. The maximum Gasteiger partial charge on any atom is 0.0139 e. The molecule has 1 fully saturated rings. The lowest BCUT2D eigenvalue weighted by atomic mass is 9.64. The average molecular weight is 187 g/mol. The molecule has 0 saturated heterocycles. The number of rotatable bonds is 1. The van der Waals surface area contributed by atoms with Gasteiger partial charge in [0.05, 0.1) is 0 Å². The fraction of sp³-hybridized carbons (Fsp3) is 0.538. The van der Waals surface area contributed by atoms with Crippen LogP contribution in [0.5, 0.6) is 0 Å². The van der Waals surface area contributed by atoms with Gasteiger partial charge in [0.2, 0.25) is 0 Å². The first kappa shape index (κ1) is 8.49. The summed E-state index contributed by atoms with van der Waals surface area (Å²) in [6.45, 7) is 0. The molecule has 0 aromatic heterocycles. The van der Waals surface area contributed by atoms with E-state index in [2.05, 4.69) is 36.6 Å². The quantitative estimate of drug-likeness (QED) is 0.712. The van der Waals surface area contributed by atoms with Gasteiger partial charge in [-0.25, -0.2) is 0 Å². The van der Waals surface area contributed by atoms with Crippen molar-refractivity contribution in [2.75, 3.05) is 7.05 Å². The van der Waals surface area contributed by atoms with Crippen molar-refractivity contribution in [2.45, 2.75) is 37.1 Å². The molecule has 0 amide bonds. The monoisotopic (exact) mass is 187 g/mol. The molecule has 1 heteroatoms. The van der Waals surface area contributed by atoms with Crippen molar-refractivity contribution >= 4 is 0 Å². The van der Waals surface area contributed by atoms with Crippen molar-refractivity contribution in [3.8, 4) is 0 Å². The SMILES string of the molecule is CN[C@H]1C[C@H]2CC[C@@H]1c1ccccc12. The van der Waals surface area contributed by atoms with Crippen LogP contribution in [0.1, 0.15) is 42.2 Å². The zero-order valence-electron chi connectivity index (χ0n) is 8.66. The molecule has 2 bridgehead atoms. The van der Waals surface area contributed by atoms with E-state index in [1.165, 1.54) is 19.3 Å². The normalized spacial score (nSPS) is 34.2. The highest BCUT2D eigenvalue weighted by Crippen LogP contribution is 2.48. The van der Waals surface area contributed by atoms with E-state index < -0.39 is 0 Å². The molecule has 1 aromatic carbocycles. The molecule has 1 nitrogen and oxygen atoms in total. The molecule has 0 radical (unpaired) electrons. The minimum absolute atomic E-state index is 0.726. The van der Waals surface area contributed by atoms with Crippen molar-refractivity contribution in [2.24, 2.45) is 0 Å². The molecule has 3 aliphatic rings. The maximum atomic E-state index is 3.48. The smallest absolute Gasteiger partial charge is 0.0139 e. The second kappa shape index (κ2) is 3.09. The first-order valence-corrected chi connectivity index (χ1v) is 5.66. The van der Waals surface area contributed by atoms with E-state index >= 15 is 0 Å². The highest BCUT2D eigenvalue weighted by molar-refractivity contribution is 5.39. The van der Waals surface area contributed by atoms with Crippen LogP contribution in [0.3, 0.4) is 0 Å². The van der Waals surface area contributed by atoms with Crippen molar-refractivity contribution in [1.29, 1.82) is 0 Å². The topological polar surface area (TPSA) is 12.0 Å². The van der Waals surface area contributed by atoms with Gasteiger partial charge < -0.3 is 5.32 Å². The Bertz CT molecular complexity index is 345. The van der Waals surface area contributed by atoms with Crippen LogP contribution >= 0.6 is 0 Å². The molecule has 1 aromatic rings. The predicted molar refractivity (Wildman–Crippen MR) is 58.6 cm³/mol. The molecule has 3 atom stereocenters. The molecule has 0 aliphatic heterocycles. The standard InChI is InChI=1S/C13H17N/c1-14-13-8-9-6-7-12(13)11-5-3-2-4-10(9)11/h2-5,9,12-14H,6-8H2,1H3/t9-,12-,13+/m1/s1. The van der Waals surface area contributed by atoms with E-state index in [-0.39, 0.29) is 0 Å². The Morgan fingerprint density at radius 1 is 1.14 bits per heavy atom. The van der Waals surface area contributed by atoms with E-state index in [0.717, 1.165) is 17.9 Å². The molecule has 0 spiro atoms. The zero-order valence-corrected chi connectivity index (χ0v) is 8.66. The summed E-state index contributed by atoms with van der Waals surface area (Å²) in [5, 5.41) is 3.48. The van der Waals surface area contributed by atoms with Gasteiger partial charge in [0.1, 0.15) is 0 Å². The van der Waals surface area contributed by atoms with Crippen LogP contribution in [0.4, 0.5) is 0 Å². The molecule has 0 unspecified atom stereocenters. The number of benzene rings is 1. The summed E-state index contributed by atoms with van der Waals surface area (Å²) in [6.07, 6.45) is 4.13. The fourth-order valence-corrected chi connectivity index (χ4v) is 3.36. The Hall–Kier alpha value is -0.820. The number of hydrogen-bond acceptors (Lipinski definition) is 1. The highest BCUT2D eigenvalue weighted by Gasteiger charge is 2.38. The van der Waals surface area contributed by atoms with Crippen LogP contribution in [0.2, 0.25) is 0 Å². The lowest BCUT2D eigenvalue weighted by Crippen LogP contribution is -2.41. The van der Waals surface area contributed by atoms with E-state index in [1.54, 1.807) is 11.1 Å². The third kappa shape index (κ3) is 1.05. The van der Waals surface area contributed by atoms with Gasteiger partial charge in [-0.1, -0.05) is 24.3 Å². The second-order valence-electron chi connectivity index (χ2n) is 4.64. The first-order valence-electron chi connectivity index (χ1n) is 5.66. The zero-order chi connectivity index (χ0) is 9.54. The molecular formula is C13H17N. The van der Waals surface area contributed by atoms with Crippen LogP contribution in [0.15, 0.2) is 24.3 Å². The van der Waals surface area contributed by atoms with E-state index in [4.69, 9.17) is 0 Å². The van der Waals surface area contributed by atoms with Gasteiger partial charge >= 0.3 is 0 Å². The van der Waals surface area contributed by atoms with Crippen molar-refractivity contribution in [3.63, 3.8) is 0 Å². The van der Waals surface area contributed by atoms with Crippen molar-refractivity contribution < 1.29 is 0 Å². The summed E-state index contributed by atoms with van der Waals surface area (Å²) in [5.74, 6) is 1.61. The maximum absolute atomic E-state index is 3.48. The molecule has 1 saturated carbocycles. The van der Waals surface area contributed by atoms with Gasteiger partial charge in [0.15, 0.2) is 0 Å². The Morgan fingerprint density at radius 3 is 2.71 bits per heavy atom. The Labute approximate surface area is 85.5 Å². The van der Waals surface area contributed by atoms with Gasteiger partial charge in [-0.05, 0) is 49.3 Å². The summed E-state index contributed by atoms with van der Waals surface area (Å²) < 4.78 is 0. The molecule has 1 N–H and O–H groups in total. The molecule has 3 aliphatic carbocycles. The third-order valence-electron chi connectivity index (χ3n) is 4.06. The summed E-state index contributed by atoms with van der Waals surface area (Å²) in [7, 11) is 2.11. The van der Waals surface area contributed by atoms with Crippen LogP contribution in [-0.2, 0) is 0 Å². The summed E-state index contributed by atoms with van der Waals surface area (Å²) in [6, 6.07) is 9.76. The van der Waals surface area contributed by atoms with Crippen molar-refractivity contribution in [3.05, 3.63) is 35.4 Å². The van der Waals surface area contributed by atoms with Crippen molar-refractivity contribution in [1.82, 2.24) is 5.32 Å². The van der Waals surface area contributed by atoms with E-state index in [0.29, 0.717) is 0 Å². The van der Waals surface area contributed by atoms with Crippen LogP contribution in [0, 0.1) is 0 Å². The number of nitrogens with one attached hydrogen (secondary N) is 1. The molecular weight excluding hydrogens is 170 g/mol. The van der Waals surface area contributed by atoms with E-state index in [9.17, 15) is 0 Å². The summed E-state index contributed by atoms with van der Waals surface area (Å²) in [4.78, 5) is 0. The van der Waals surface area contributed by atoms with Gasteiger partial charge in [0.25, 0.3) is 0 Å². The van der Waals surface area contributed by atoms with Gasteiger partial charge in [-0.2, -0.15) is 0 Å². The lowest BCUT2D eigenvalue weighted by Gasteiger charge is -2.44. The minimum Gasteiger partial charge on any atom is -0.316 e. The van der Waals surface area contributed by atoms with E-state index in [1.807, 2.05) is 0 Å². The van der Waals surface area contributed by atoms with Gasteiger partial charge in [0, 0.05) is 6.04 Å². The number of hydrogen-bond donors (Lipinski definition) is 1. The second-order valence-corrected chi connectivity index (χ2v) is 4.64. The van der Waals surface area contributed by atoms with Gasteiger partial charge in [-0.3, -0.25) is 0 Å². The highest BCUT2D eigenvalue weighted by atomic mass is 14.9. The number of fused-ring (bicyclic) bond motifs is 2.